The number of rotatable bonds is 6. The van der Waals surface area contributed by atoms with Gasteiger partial charge in [-0.2, -0.15) is 0 Å². The van der Waals surface area contributed by atoms with Gasteiger partial charge in [0.25, 0.3) is 5.91 Å². The summed E-state index contributed by atoms with van der Waals surface area (Å²) in [6.45, 7) is 5.07. The fourth-order valence-electron chi connectivity index (χ4n) is 4.55. The van der Waals surface area contributed by atoms with Crippen LogP contribution >= 0.6 is 0 Å². The molecule has 1 aliphatic carbocycles. The van der Waals surface area contributed by atoms with Crippen molar-refractivity contribution in [2.24, 2.45) is 0 Å². The summed E-state index contributed by atoms with van der Waals surface area (Å²) in [6, 6.07) is 4.17. The first-order valence-electron chi connectivity index (χ1n) is 11.1. The van der Waals surface area contributed by atoms with E-state index < -0.39 is 0 Å². The lowest BCUT2D eigenvalue weighted by Gasteiger charge is -2.34. The highest BCUT2D eigenvalue weighted by molar-refractivity contribution is 5.96. The van der Waals surface area contributed by atoms with Gasteiger partial charge in [-0.05, 0) is 25.0 Å². The van der Waals surface area contributed by atoms with E-state index in [9.17, 15) is 4.79 Å². The molecular formula is C22H28N8O. The third-order valence-electron chi connectivity index (χ3n) is 6.31. The molecule has 9 heteroatoms. The maximum Gasteiger partial charge on any atom is 0.252 e. The molecule has 31 heavy (non-hydrogen) atoms. The zero-order chi connectivity index (χ0) is 21.0. The highest BCUT2D eigenvalue weighted by Gasteiger charge is 2.21. The Kier molecular flexibility index (Phi) is 5.75. The van der Waals surface area contributed by atoms with Crippen molar-refractivity contribution in [1.29, 1.82) is 0 Å². The molecule has 9 nitrogen and oxygen atoms in total. The molecule has 1 amide bonds. The largest absolute Gasteiger partial charge is 0.351 e. The van der Waals surface area contributed by atoms with Crippen molar-refractivity contribution in [2.75, 3.05) is 44.2 Å². The van der Waals surface area contributed by atoms with Crippen LogP contribution in [-0.4, -0.2) is 74.6 Å². The molecule has 0 bridgehead atoms. The quantitative estimate of drug-likeness (QED) is 0.651. The predicted molar refractivity (Wildman–Crippen MR) is 118 cm³/mol. The monoisotopic (exact) mass is 420 g/mol. The first kappa shape index (κ1) is 19.9. The molecule has 1 saturated carbocycles. The third kappa shape index (κ3) is 4.36. The number of aromatic nitrogens is 5. The number of amides is 1. The molecule has 162 valence electrons. The number of hydrogen-bond donors (Lipinski definition) is 1. The Labute approximate surface area is 181 Å². The highest BCUT2D eigenvalue weighted by Crippen LogP contribution is 2.31. The molecule has 2 aliphatic rings. The van der Waals surface area contributed by atoms with Crippen LogP contribution in [0.3, 0.4) is 0 Å². The van der Waals surface area contributed by atoms with Crippen LogP contribution in [0.2, 0.25) is 0 Å². The topological polar surface area (TPSA) is 92.1 Å². The molecule has 0 aromatic carbocycles. The Morgan fingerprint density at radius 1 is 1.03 bits per heavy atom. The van der Waals surface area contributed by atoms with Crippen molar-refractivity contribution in [1.82, 2.24) is 34.7 Å². The molecule has 1 aliphatic heterocycles. The molecule has 3 aromatic rings. The summed E-state index contributed by atoms with van der Waals surface area (Å²) < 4.78 is 2.17. The summed E-state index contributed by atoms with van der Waals surface area (Å²) >= 11 is 0. The normalized spacial score (nSPS) is 18.0. The van der Waals surface area contributed by atoms with Crippen molar-refractivity contribution in [3.8, 4) is 0 Å². The van der Waals surface area contributed by atoms with Gasteiger partial charge >= 0.3 is 0 Å². The van der Waals surface area contributed by atoms with E-state index in [0.29, 0.717) is 18.2 Å². The lowest BCUT2D eigenvalue weighted by molar-refractivity contribution is 0.0947. The number of nitrogens with zero attached hydrogens (tertiary/aromatic N) is 7. The van der Waals surface area contributed by atoms with E-state index >= 15 is 0 Å². The Morgan fingerprint density at radius 3 is 2.58 bits per heavy atom. The Morgan fingerprint density at radius 2 is 1.81 bits per heavy atom. The van der Waals surface area contributed by atoms with Gasteiger partial charge < -0.3 is 14.8 Å². The lowest BCUT2D eigenvalue weighted by atomic mass is 10.2. The molecule has 0 spiro atoms. The van der Waals surface area contributed by atoms with Crippen molar-refractivity contribution in [3.63, 3.8) is 0 Å². The van der Waals surface area contributed by atoms with Crippen molar-refractivity contribution in [3.05, 3.63) is 42.6 Å². The van der Waals surface area contributed by atoms with Gasteiger partial charge in [-0.25, -0.2) is 19.9 Å². The number of imidazole rings is 1. The molecular weight excluding hydrogens is 392 g/mol. The van der Waals surface area contributed by atoms with Crippen LogP contribution in [0.4, 0.5) is 5.95 Å². The summed E-state index contributed by atoms with van der Waals surface area (Å²) in [6.07, 6.45) is 12.0. The van der Waals surface area contributed by atoms with Gasteiger partial charge in [0.1, 0.15) is 5.52 Å². The second kappa shape index (κ2) is 8.97. The minimum absolute atomic E-state index is 0.0962. The van der Waals surface area contributed by atoms with Crippen LogP contribution in [0.25, 0.3) is 11.2 Å². The summed E-state index contributed by atoms with van der Waals surface area (Å²) in [5, 5.41) is 3.02. The molecule has 0 atom stereocenters. The van der Waals surface area contributed by atoms with E-state index in [1.54, 1.807) is 18.6 Å². The average Bonchev–Trinajstić information content (AvgIpc) is 3.49. The lowest BCUT2D eigenvalue weighted by Crippen LogP contribution is -2.49. The second-order valence-electron chi connectivity index (χ2n) is 8.29. The van der Waals surface area contributed by atoms with Gasteiger partial charge in [-0.1, -0.05) is 12.8 Å². The molecule has 1 N–H and O–H groups in total. The van der Waals surface area contributed by atoms with Gasteiger partial charge in [0.2, 0.25) is 5.95 Å². The molecule has 4 heterocycles. The zero-order valence-corrected chi connectivity index (χ0v) is 17.7. The van der Waals surface area contributed by atoms with Gasteiger partial charge in [-0.15, -0.1) is 0 Å². The maximum absolute atomic E-state index is 12.6. The molecule has 2 fully saturated rings. The SMILES string of the molecule is O=C(NCCN1CCN(c2ncccn2)CC1)c1cnc2c(c1)ncn2C1CCCC1. The van der Waals surface area contributed by atoms with Crippen molar-refractivity contribution in [2.45, 2.75) is 31.7 Å². The van der Waals surface area contributed by atoms with E-state index in [2.05, 4.69) is 39.6 Å². The Hall–Kier alpha value is -3.07. The average molecular weight is 421 g/mol. The number of pyridine rings is 1. The first-order chi connectivity index (χ1) is 15.3. The molecule has 3 aromatic heterocycles. The van der Waals surface area contributed by atoms with Crippen LogP contribution in [0.5, 0.6) is 0 Å². The van der Waals surface area contributed by atoms with Crippen molar-refractivity contribution < 1.29 is 4.79 Å². The third-order valence-corrected chi connectivity index (χ3v) is 6.31. The number of piperazine rings is 1. The van der Waals surface area contributed by atoms with Crippen LogP contribution in [0.1, 0.15) is 42.1 Å². The van der Waals surface area contributed by atoms with E-state index in [1.807, 2.05) is 18.5 Å². The van der Waals surface area contributed by atoms with E-state index in [-0.39, 0.29) is 5.91 Å². The molecule has 1 saturated heterocycles. The highest BCUT2D eigenvalue weighted by atomic mass is 16.1. The summed E-state index contributed by atoms with van der Waals surface area (Å²) in [7, 11) is 0. The van der Waals surface area contributed by atoms with Crippen LogP contribution < -0.4 is 10.2 Å². The number of nitrogens with one attached hydrogen (secondary N) is 1. The van der Waals surface area contributed by atoms with Crippen LogP contribution in [-0.2, 0) is 0 Å². The predicted octanol–water partition coefficient (Wildman–Crippen LogP) is 1.89. The van der Waals surface area contributed by atoms with E-state index in [0.717, 1.165) is 49.8 Å². The smallest absolute Gasteiger partial charge is 0.252 e. The Balaban J connectivity index is 1.11. The zero-order valence-electron chi connectivity index (χ0n) is 17.7. The van der Waals surface area contributed by atoms with Crippen molar-refractivity contribution >= 4 is 23.0 Å². The standard InChI is InChI=1S/C22H28N8O/c31-21(17-14-19-20(26-15-17)30(16-27-19)18-4-1-2-5-18)23-8-9-28-10-12-29(13-11-28)22-24-6-3-7-25-22/h3,6-7,14-16,18H,1-2,4-5,8-13H2,(H,23,31). The van der Waals surface area contributed by atoms with Gasteiger partial charge in [-0.3, -0.25) is 9.69 Å². The summed E-state index contributed by atoms with van der Waals surface area (Å²) in [4.78, 5) is 34.8. The minimum atomic E-state index is -0.0962. The van der Waals surface area contributed by atoms with Crippen LogP contribution in [0, 0.1) is 0 Å². The van der Waals surface area contributed by atoms with Gasteiger partial charge in [0.05, 0.1) is 11.9 Å². The first-order valence-corrected chi connectivity index (χ1v) is 11.1. The second-order valence-corrected chi connectivity index (χ2v) is 8.29. The molecule has 5 rings (SSSR count). The number of anilines is 1. The number of hydrogen-bond acceptors (Lipinski definition) is 7. The summed E-state index contributed by atoms with van der Waals surface area (Å²) in [5.41, 5.74) is 2.23. The van der Waals surface area contributed by atoms with E-state index in [4.69, 9.17) is 0 Å². The fourth-order valence-corrected chi connectivity index (χ4v) is 4.55. The number of carbonyl (C=O) groups excluding carboxylic acids is 1. The Bertz CT molecular complexity index is 1020. The number of fused-ring (bicyclic) bond motifs is 1. The van der Waals surface area contributed by atoms with Gasteiger partial charge in [0.15, 0.2) is 5.65 Å². The van der Waals surface area contributed by atoms with Crippen LogP contribution in [0.15, 0.2) is 37.1 Å². The maximum atomic E-state index is 12.6. The molecule has 0 radical (unpaired) electrons. The van der Waals surface area contributed by atoms with Gasteiger partial charge in [0, 0.05) is 63.9 Å². The summed E-state index contributed by atoms with van der Waals surface area (Å²) in [5.74, 6) is 0.690. The number of carbonyl (C=O) groups is 1. The van der Waals surface area contributed by atoms with E-state index in [1.165, 1.54) is 25.7 Å². The fraction of sp³-hybridized carbons (Fsp3) is 0.500. The minimum Gasteiger partial charge on any atom is -0.351 e. The molecule has 0 unspecified atom stereocenters.